The smallest absolute Gasteiger partial charge is 0.276 e. The second kappa shape index (κ2) is 8.09. The van der Waals surface area contributed by atoms with Gasteiger partial charge in [-0.25, -0.2) is 4.98 Å². The van der Waals surface area contributed by atoms with Gasteiger partial charge in [0.15, 0.2) is 5.69 Å². The van der Waals surface area contributed by atoms with E-state index in [1.807, 2.05) is 19.1 Å². The summed E-state index contributed by atoms with van der Waals surface area (Å²) in [6.45, 7) is 1.24. The molecule has 0 fully saturated rings. The summed E-state index contributed by atoms with van der Waals surface area (Å²) in [5, 5.41) is 33.5. The van der Waals surface area contributed by atoms with Gasteiger partial charge in [0.05, 0.1) is 23.3 Å². The van der Waals surface area contributed by atoms with Crippen molar-refractivity contribution in [2.24, 2.45) is 5.10 Å². The lowest BCUT2D eigenvalue weighted by Crippen LogP contribution is -2.40. The minimum absolute atomic E-state index is 0.145. The highest BCUT2D eigenvalue weighted by atomic mass is 16.4. The molecule has 1 aromatic heterocycles. The number of hydrogen-bond donors (Lipinski definition) is 5. The largest absolute Gasteiger partial charge is 0.394 e. The lowest BCUT2D eigenvalue weighted by molar-refractivity contribution is 0.0185. The van der Waals surface area contributed by atoms with Gasteiger partial charge in [0.25, 0.3) is 5.56 Å². The number of aliphatic hydroxyl groups is 3. The zero-order valence-corrected chi connectivity index (χ0v) is 14.6. The average molecular weight is 368 g/mol. The van der Waals surface area contributed by atoms with Gasteiger partial charge >= 0.3 is 0 Å². The molecule has 8 heteroatoms. The lowest BCUT2D eigenvalue weighted by atomic mass is 10.1. The summed E-state index contributed by atoms with van der Waals surface area (Å²) in [5.41, 5.74) is 4.59. The van der Waals surface area contributed by atoms with E-state index in [2.05, 4.69) is 20.5 Å². The quantitative estimate of drug-likeness (QED) is 0.323. The number of rotatable bonds is 6. The summed E-state index contributed by atoms with van der Waals surface area (Å²) in [6.07, 6.45) is -3.13. The van der Waals surface area contributed by atoms with Crippen molar-refractivity contribution in [2.45, 2.75) is 19.1 Å². The number of hydrogen-bond acceptors (Lipinski definition) is 7. The number of nitrogens with zero attached hydrogens (tertiary/aromatic N) is 2. The van der Waals surface area contributed by atoms with Crippen LogP contribution < -0.4 is 11.0 Å². The zero-order chi connectivity index (χ0) is 19.4. The maximum atomic E-state index is 12.5. The van der Waals surface area contributed by atoms with E-state index in [1.54, 1.807) is 36.4 Å². The third-order valence-corrected chi connectivity index (χ3v) is 4.03. The first-order valence-electron chi connectivity index (χ1n) is 8.36. The predicted octanol–water partition coefficient (Wildman–Crippen LogP) is 0.762. The molecular weight excluding hydrogens is 348 g/mol. The van der Waals surface area contributed by atoms with Gasteiger partial charge in [0, 0.05) is 0 Å². The average Bonchev–Trinajstić information content (AvgIpc) is 2.68. The van der Waals surface area contributed by atoms with Crippen LogP contribution in [0.25, 0.3) is 11.0 Å². The Morgan fingerprint density at radius 1 is 1.19 bits per heavy atom. The first kappa shape index (κ1) is 18.7. The number of aromatic nitrogens is 2. The molecule has 140 valence electrons. The van der Waals surface area contributed by atoms with Gasteiger partial charge in [0.1, 0.15) is 17.9 Å². The first-order chi connectivity index (χ1) is 13.0. The third kappa shape index (κ3) is 4.20. The number of para-hydroxylation sites is 2. The van der Waals surface area contributed by atoms with Crippen molar-refractivity contribution >= 4 is 22.4 Å². The number of H-pyrrole nitrogens is 1. The Morgan fingerprint density at radius 2 is 1.89 bits per heavy atom. The summed E-state index contributed by atoms with van der Waals surface area (Å²) in [5.74, 6) is 0. The van der Waals surface area contributed by atoms with Crippen molar-refractivity contribution in [1.82, 2.24) is 9.97 Å². The van der Waals surface area contributed by atoms with E-state index >= 15 is 0 Å². The van der Waals surface area contributed by atoms with E-state index in [1.165, 1.54) is 0 Å². The molecule has 27 heavy (non-hydrogen) atoms. The predicted molar refractivity (Wildman–Crippen MR) is 103 cm³/mol. The number of aliphatic hydroxyl groups excluding tert-OH is 3. The normalized spacial score (nSPS) is 14.1. The molecule has 0 saturated carbocycles. The van der Waals surface area contributed by atoms with Crippen molar-refractivity contribution in [1.29, 1.82) is 0 Å². The number of aromatic amines is 1. The highest BCUT2D eigenvalue weighted by Gasteiger charge is 2.26. The molecule has 0 spiro atoms. The van der Waals surface area contributed by atoms with Crippen LogP contribution in [-0.2, 0) is 0 Å². The van der Waals surface area contributed by atoms with Crippen LogP contribution in [0.2, 0.25) is 0 Å². The standard InChI is InChI=1S/C19H20N4O4/c1-11-6-8-12(9-7-11)22-23-16(18(26)15(25)10-24)17-19(27)21-14-5-3-2-4-13(14)20-17/h2-9,15,18,22,24-26H,10H2,1H3,(H,21,27). The zero-order valence-electron chi connectivity index (χ0n) is 14.6. The van der Waals surface area contributed by atoms with Crippen molar-refractivity contribution in [2.75, 3.05) is 12.0 Å². The van der Waals surface area contributed by atoms with Crippen LogP contribution in [-0.4, -0.2) is 49.8 Å². The van der Waals surface area contributed by atoms with Crippen LogP contribution in [0.3, 0.4) is 0 Å². The molecule has 0 aliphatic rings. The van der Waals surface area contributed by atoms with Gasteiger partial charge in [0.2, 0.25) is 0 Å². The van der Waals surface area contributed by atoms with Crippen LogP contribution in [0.4, 0.5) is 5.69 Å². The molecule has 0 radical (unpaired) electrons. The highest BCUT2D eigenvalue weighted by molar-refractivity contribution is 6.03. The van der Waals surface area contributed by atoms with Crippen molar-refractivity contribution < 1.29 is 15.3 Å². The number of anilines is 1. The Bertz CT molecular complexity index is 1010. The highest BCUT2D eigenvalue weighted by Crippen LogP contribution is 2.12. The molecular formula is C19H20N4O4. The van der Waals surface area contributed by atoms with Crippen molar-refractivity contribution in [3.05, 3.63) is 70.1 Å². The lowest BCUT2D eigenvalue weighted by Gasteiger charge is -2.17. The Kier molecular flexibility index (Phi) is 5.60. The molecule has 1 heterocycles. The second-order valence-corrected chi connectivity index (χ2v) is 6.10. The summed E-state index contributed by atoms with van der Waals surface area (Å²) < 4.78 is 0. The fraction of sp³-hybridized carbons (Fsp3) is 0.211. The van der Waals surface area contributed by atoms with E-state index in [9.17, 15) is 15.0 Å². The van der Waals surface area contributed by atoms with Crippen LogP contribution in [0, 0.1) is 6.92 Å². The molecule has 3 rings (SSSR count). The van der Waals surface area contributed by atoms with Gasteiger partial charge in [-0.15, -0.1) is 0 Å². The molecule has 8 nitrogen and oxygen atoms in total. The van der Waals surface area contributed by atoms with Crippen molar-refractivity contribution in [3.8, 4) is 0 Å². The molecule has 2 atom stereocenters. The monoisotopic (exact) mass is 368 g/mol. The molecule has 0 amide bonds. The topological polar surface area (TPSA) is 131 Å². The van der Waals surface area contributed by atoms with Gasteiger partial charge < -0.3 is 20.3 Å². The maximum absolute atomic E-state index is 12.5. The van der Waals surface area contributed by atoms with Crippen LogP contribution in [0.5, 0.6) is 0 Å². The summed E-state index contributed by atoms with van der Waals surface area (Å²) >= 11 is 0. The van der Waals surface area contributed by atoms with Gasteiger partial charge in [-0.05, 0) is 31.2 Å². The molecule has 2 aromatic carbocycles. The first-order valence-corrected chi connectivity index (χ1v) is 8.36. The molecule has 0 aliphatic carbocycles. The SMILES string of the molecule is Cc1ccc(NN=C(c2nc3ccccc3[nH]c2=O)C(O)C(O)CO)cc1. The number of nitrogens with one attached hydrogen (secondary N) is 2. The summed E-state index contributed by atoms with van der Waals surface area (Å²) in [4.78, 5) is 19.4. The number of hydrazone groups is 1. The van der Waals surface area contributed by atoms with E-state index in [0.717, 1.165) is 5.56 Å². The second-order valence-electron chi connectivity index (χ2n) is 6.10. The third-order valence-electron chi connectivity index (χ3n) is 4.03. The van der Waals surface area contributed by atoms with E-state index in [-0.39, 0.29) is 11.4 Å². The number of aryl methyl sites for hydroxylation is 1. The summed E-state index contributed by atoms with van der Waals surface area (Å²) in [7, 11) is 0. The van der Waals surface area contributed by atoms with Crippen LogP contribution in [0.15, 0.2) is 58.4 Å². The van der Waals surface area contributed by atoms with Gasteiger partial charge in [-0.3, -0.25) is 10.2 Å². The molecule has 5 N–H and O–H groups in total. The Balaban J connectivity index is 2.06. The van der Waals surface area contributed by atoms with E-state index in [4.69, 9.17) is 5.11 Å². The van der Waals surface area contributed by atoms with Gasteiger partial charge in [-0.1, -0.05) is 29.8 Å². The van der Waals surface area contributed by atoms with Gasteiger partial charge in [-0.2, -0.15) is 5.10 Å². The fourth-order valence-electron chi connectivity index (χ4n) is 2.50. The Morgan fingerprint density at radius 3 is 2.59 bits per heavy atom. The maximum Gasteiger partial charge on any atom is 0.276 e. The summed E-state index contributed by atoms with van der Waals surface area (Å²) in [6, 6.07) is 14.2. The molecule has 0 aliphatic heterocycles. The molecule has 0 saturated heterocycles. The molecule has 2 unspecified atom stereocenters. The van der Waals surface area contributed by atoms with Crippen LogP contribution >= 0.6 is 0 Å². The fourth-order valence-corrected chi connectivity index (χ4v) is 2.50. The molecule has 0 bridgehead atoms. The van der Waals surface area contributed by atoms with E-state index in [0.29, 0.717) is 16.7 Å². The minimum atomic E-state index is -1.61. The Labute approximate surface area is 154 Å². The Hall–Kier alpha value is -3.07. The van der Waals surface area contributed by atoms with E-state index < -0.39 is 24.4 Å². The molecule has 3 aromatic rings. The van der Waals surface area contributed by atoms with Crippen molar-refractivity contribution in [3.63, 3.8) is 0 Å². The number of benzene rings is 2. The number of fused-ring (bicyclic) bond motifs is 1. The minimum Gasteiger partial charge on any atom is -0.394 e. The van der Waals surface area contributed by atoms with Crippen LogP contribution in [0.1, 0.15) is 11.3 Å².